The molecule has 2 aromatic carbocycles. The highest BCUT2D eigenvalue weighted by Crippen LogP contribution is 2.44. The summed E-state index contributed by atoms with van der Waals surface area (Å²) >= 11 is 0. The van der Waals surface area contributed by atoms with Crippen LogP contribution in [0.3, 0.4) is 0 Å². The number of fused-ring (bicyclic) bond motifs is 3. The third kappa shape index (κ3) is 2.10. The van der Waals surface area contributed by atoms with Gasteiger partial charge in [0, 0.05) is 31.5 Å². The van der Waals surface area contributed by atoms with Gasteiger partial charge in [-0.05, 0) is 18.2 Å². The SMILES string of the molecule is [C-]#[N+]c1ccc2nc(N3CCC4(CC3)OC(=O)c3ccccc34)[nH]c2c1. The number of benzene rings is 2. The van der Waals surface area contributed by atoms with E-state index in [9.17, 15) is 4.79 Å². The summed E-state index contributed by atoms with van der Waals surface area (Å²) in [5.41, 5.74) is 3.51. The number of hydrogen-bond acceptors (Lipinski definition) is 4. The van der Waals surface area contributed by atoms with E-state index < -0.39 is 5.60 Å². The molecule has 0 radical (unpaired) electrons. The van der Waals surface area contributed by atoms with Gasteiger partial charge in [0.25, 0.3) is 0 Å². The number of aromatic nitrogens is 2. The van der Waals surface area contributed by atoms with Crippen LogP contribution in [-0.4, -0.2) is 29.0 Å². The largest absolute Gasteiger partial charge is 0.450 e. The number of carbonyl (C=O) groups excluding carboxylic acids is 1. The minimum absolute atomic E-state index is 0.218. The Labute approximate surface area is 150 Å². The maximum atomic E-state index is 12.2. The standard InChI is InChI=1S/C20H16N4O2/c1-21-13-6-7-16-17(12-13)23-19(22-16)24-10-8-20(9-11-24)15-5-3-2-4-14(15)18(25)26-20/h2-7,12H,8-11H2,(H,22,23). The molecule has 0 atom stereocenters. The Hall–Kier alpha value is -3.33. The van der Waals surface area contributed by atoms with E-state index >= 15 is 0 Å². The van der Waals surface area contributed by atoms with Crippen LogP contribution >= 0.6 is 0 Å². The Morgan fingerprint density at radius 2 is 2.00 bits per heavy atom. The van der Waals surface area contributed by atoms with Gasteiger partial charge >= 0.3 is 5.97 Å². The average molecular weight is 344 g/mol. The first-order chi connectivity index (χ1) is 12.7. The quantitative estimate of drug-likeness (QED) is 0.539. The number of rotatable bonds is 1. The second kappa shape index (κ2) is 5.33. The van der Waals surface area contributed by atoms with Crippen molar-refractivity contribution in [1.29, 1.82) is 0 Å². The van der Waals surface area contributed by atoms with E-state index in [4.69, 9.17) is 11.3 Å². The van der Waals surface area contributed by atoms with Crippen molar-refractivity contribution in [2.75, 3.05) is 18.0 Å². The first kappa shape index (κ1) is 15.0. The van der Waals surface area contributed by atoms with E-state index in [1.807, 2.05) is 36.4 Å². The molecule has 0 aliphatic carbocycles. The molecule has 1 spiro atoms. The third-order valence-electron chi connectivity index (χ3n) is 5.38. The molecular formula is C20H16N4O2. The molecule has 1 aromatic heterocycles. The number of nitrogens with one attached hydrogen (secondary N) is 1. The first-order valence-electron chi connectivity index (χ1n) is 8.64. The highest BCUT2D eigenvalue weighted by atomic mass is 16.6. The second-order valence-corrected chi connectivity index (χ2v) is 6.79. The van der Waals surface area contributed by atoms with E-state index in [2.05, 4.69) is 19.7 Å². The number of H-pyrrole nitrogens is 1. The van der Waals surface area contributed by atoms with E-state index in [1.54, 1.807) is 6.07 Å². The van der Waals surface area contributed by atoms with Gasteiger partial charge in [-0.15, -0.1) is 0 Å². The molecule has 128 valence electrons. The summed E-state index contributed by atoms with van der Waals surface area (Å²) in [6.07, 6.45) is 1.47. The molecule has 2 aliphatic rings. The zero-order valence-corrected chi connectivity index (χ0v) is 14.0. The lowest BCUT2D eigenvalue weighted by molar-refractivity contribution is -0.0211. The Bertz CT molecular complexity index is 1070. The molecule has 0 bridgehead atoms. The number of aromatic amines is 1. The van der Waals surface area contributed by atoms with Gasteiger partial charge in [0.1, 0.15) is 5.60 Å². The van der Waals surface area contributed by atoms with Gasteiger partial charge in [-0.25, -0.2) is 14.6 Å². The molecule has 3 aromatic rings. The van der Waals surface area contributed by atoms with Gasteiger partial charge in [-0.2, -0.15) is 0 Å². The average Bonchev–Trinajstić information content (AvgIpc) is 3.22. The second-order valence-electron chi connectivity index (χ2n) is 6.79. The molecule has 0 amide bonds. The first-order valence-corrected chi connectivity index (χ1v) is 8.64. The minimum Gasteiger partial charge on any atom is -0.450 e. The number of carbonyl (C=O) groups is 1. The molecule has 3 heterocycles. The highest BCUT2D eigenvalue weighted by Gasteiger charge is 2.47. The number of esters is 1. The van der Waals surface area contributed by atoms with Crippen molar-refractivity contribution in [3.8, 4) is 0 Å². The van der Waals surface area contributed by atoms with Crippen LogP contribution in [0.1, 0.15) is 28.8 Å². The summed E-state index contributed by atoms with van der Waals surface area (Å²) in [5, 5.41) is 0. The van der Waals surface area contributed by atoms with Crippen LogP contribution in [-0.2, 0) is 10.3 Å². The molecule has 6 nitrogen and oxygen atoms in total. The van der Waals surface area contributed by atoms with E-state index in [0.717, 1.165) is 48.5 Å². The van der Waals surface area contributed by atoms with Crippen molar-refractivity contribution in [3.63, 3.8) is 0 Å². The topological polar surface area (TPSA) is 62.6 Å². The van der Waals surface area contributed by atoms with Crippen LogP contribution in [0.4, 0.5) is 11.6 Å². The molecule has 6 heteroatoms. The van der Waals surface area contributed by atoms with Crippen molar-refractivity contribution in [3.05, 3.63) is 65.0 Å². The van der Waals surface area contributed by atoms with Crippen molar-refractivity contribution in [2.24, 2.45) is 0 Å². The summed E-state index contributed by atoms with van der Waals surface area (Å²) < 4.78 is 5.80. The zero-order valence-electron chi connectivity index (χ0n) is 14.0. The van der Waals surface area contributed by atoms with E-state index in [0.29, 0.717) is 11.3 Å². The number of piperidine rings is 1. The predicted molar refractivity (Wildman–Crippen MR) is 97.3 cm³/mol. The maximum Gasteiger partial charge on any atom is 0.339 e. The van der Waals surface area contributed by atoms with Gasteiger partial charge in [-0.3, -0.25) is 0 Å². The predicted octanol–water partition coefficient (Wildman–Crippen LogP) is 3.78. The lowest BCUT2D eigenvalue weighted by atomic mass is 9.84. The maximum absolute atomic E-state index is 12.2. The van der Waals surface area contributed by atoms with Crippen molar-refractivity contribution in [2.45, 2.75) is 18.4 Å². The minimum atomic E-state index is -0.506. The molecule has 1 saturated heterocycles. The van der Waals surface area contributed by atoms with Gasteiger partial charge < -0.3 is 14.6 Å². The lowest BCUT2D eigenvalue weighted by Gasteiger charge is -2.38. The monoisotopic (exact) mass is 344 g/mol. The molecule has 0 saturated carbocycles. The zero-order chi connectivity index (χ0) is 17.7. The smallest absolute Gasteiger partial charge is 0.339 e. The molecule has 1 N–H and O–H groups in total. The van der Waals surface area contributed by atoms with E-state index in [-0.39, 0.29) is 5.97 Å². The molecule has 5 rings (SSSR count). The molecule has 2 aliphatic heterocycles. The number of imidazole rings is 1. The Morgan fingerprint density at radius 1 is 1.19 bits per heavy atom. The number of anilines is 1. The van der Waals surface area contributed by atoms with Gasteiger partial charge in [0.15, 0.2) is 5.69 Å². The van der Waals surface area contributed by atoms with Crippen molar-refractivity contribution < 1.29 is 9.53 Å². The molecule has 0 unspecified atom stereocenters. The van der Waals surface area contributed by atoms with Crippen molar-refractivity contribution >= 4 is 28.6 Å². The fourth-order valence-corrected chi connectivity index (χ4v) is 4.00. The van der Waals surface area contributed by atoms with Crippen LogP contribution in [0, 0.1) is 6.57 Å². The number of ether oxygens (including phenoxy) is 1. The Balaban J connectivity index is 1.41. The Morgan fingerprint density at radius 3 is 2.81 bits per heavy atom. The molecule has 1 fully saturated rings. The number of nitrogens with zero attached hydrogens (tertiary/aromatic N) is 3. The van der Waals surface area contributed by atoms with Gasteiger partial charge in [-0.1, -0.05) is 24.3 Å². The molecular weight excluding hydrogens is 328 g/mol. The highest BCUT2D eigenvalue weighted by molar-refractivity contribution is 5.94. The molecule has 26 heavy (non-hydrogen) atoms. The summed E-state index contributed by atoms with van der Waals surface area (Å²) in [5.74, 6) is 0.582. The number of hydrogen-bond donors (Lipinski definition) is 1. The summed E-state index contributed by atoms with van der Waals surface area (Å²) in [4.78, 5) is 25.8. The summed E-state index contributed by atoms with van der Waals surface area (Å²) in [6.45, 7) is 8.62. The van der Waals surface area contributed by atoms with Crippen LogP contribution in [0.15, 0.2) is 42.5 Å². The lowest BCUT2D eigenvalue weighted by Crippen LogP contribution is -2.43. The van der Waals surface area contributed by atoms with Crippen LogP contribution in [0.5, 0.6) is 0 Å². The van der Waals surface area contributed by atoms with Gasteiger partial charge in [0.2, 0.25) is 5.95 Å². The van der Waals surface area contributed by atoms with Crippen LogP contribution < -0.4 is 4.90 Å². The fraction of sp³-hybridized carbons (Fsp3) is 0.250. The fourth-order valence-electron chi connectivity index (χ4n) is 4.00. The normalized spacial score (nSPS) is 18.0. The third-order valence-corrected chi connectivity index (χ3v) is 5.38. The Kier molecular flexibility index (Phi) is 3.07. The van der Waals surface area contributed by atoms with Gasteiger partial charge in [0.05, 0.1) is 23.2 Å². The van der Waals surface area contributed by atoms with Crippen LogP contribution in [0.25, 0.3) is 15.9 Å². The van der Waals surface area contributed by atoms with E-state index in [1.165, 1.54) is 0 Å². The van der Waals surface area contributed by atoms with Crippen LogP contribution in [0.2, 0.25) is 0 Å². The van der Waals surface area contributed by atoms with Crippen molar-refractivity contribution in [1.82, 2.24) is 9.97 Å². The summed E-state index contributed by atoms with van der Waals surface area (Å²) in [7, 11) is 0. The summed E-state index contributed by atoms with van der Waals surface area (Å²) in [6, 6.07) is 13.1.